The van der Waals surface area contributed by atoms with Gasteiger partial charge in [0.05, 0.1) is 7.11 Å². The Morgan fingerprint density at radius 3 is 2.78 bits per heavy atom. The first-order valence-corrected chi connectivity index (χ1v) is 8.96. The first-order chi connectivity index (χ1) is 13.2. The number of pyridine rings is 1. The minimum absolute atomic E-state index is 0.163. The Bertz CT molecular complexity index is 971. The van der Waals surface area contributed by atoms with Gasteiger partial charge in [-0.05, 0) is 41.8 Å². The summed E-state index contributed by atoms with van der Waals surface area (Å²) in [6.07, 6.45) is 2.68. The van der Waals surface area contributed by atoms with E-state index in [2.05, 4.69) is 39.5 Å². The van der Waals surface area contributed by atoms with Crippen LogP contribution in [0.15, 0.2) is 66.9 Å². The molecule has 2 aromatic carbocycles. The zero-order valence-electron chi connectivity index (χ0n) is 15.2. The van der Waals surface area contributed by atoms with Crippen molar-refractivity contribution in [2.45, 2.75) is 13.0 Å². The van der Waals surface area contributed by atoms with E-state index in [1.54, 1.807) is 25.4 Å². The number of hydrogen-bond donors (Lipinski definition) is 1. The summed E-state index contributed by atoms with van der Waals surface area (Å²) in [5.74, 6) is 1.36. The zero-order chi connectivity index (χ0) is 18.6. The number of carbonyl (C=O) groups excluding carboxylic acids is 1. The van der Waals surface area contributed by atoms with Gasteiger partial charge in [-0.1, -0.05) is 30.3 Å². The molecule has 0 saturated carbocycles. The van der Waals surface area contributed by atoms with Crippen LogP contribution < -0.4 is 15.0 Å². The SMILES string of the molecule is COc1cccc(NC(=O)c2ccnc(N3CCc4ccccc4C3)c2)c1. The summed E-state index contributed by atoms with van der Waals surface area (Å²) in [5.41, 5.74) is 3.99. The van der Waals surface area contributed by atoms with E-state index in [-0.39, 0.29) is 5.91 Å². The lowest BCUT2D eigenvalue weighted by atomic mass is 10.00. The molecule has 0 unspecified atom stereocenters. The fourth-order valence-electron chi connectivity index (χ4n) is 3.33. The van der Waals surface area contributed by atoms with Crippen LogP contribution in [0.1, 0.15) is 21.5 Å². The molecule has 0 aliphatic carbocycles. The Morgan fingerprint density at radius 1 is 1.07 bits per heavy atom. The standard InChI is InChI=1S/C22H21N3O2/c1-27-20-8-4-7-19(14-20)24-22(26)17-9-11-23-21(13-17)25-12-10-16-5-2-3-6-18(16)15-25/h2-9,11,13-14H,10,12,15H2,1H3,(H,24,26). The Balaban J connectivity index is 1.51. The molecule has 1 amide bonds. The van der Waals surface area contributed by atoms with Gasteiger partial charge in [0.15, 0.2) is 0 Å². The quantitative estimate of drug-likeness (QED) is 0.767. The van der Waals surface area contributed by atoms with Gasteiger partial charge in [-0.3, -0.25) is 4.79 Å². The number of amides is 1. The van der Waals surface area contributed by atoms with E-state index >= 15 is 0 Å². The van der Waals surface area contributed by atoms with Crippen molar-refractivity contribution >= 4 is 17.4 Å². The Labute approximate surface area is 158 Å². The third-order valence-corrected chi connectivity index (χ3v) is 4.79. The lowest BCUT2D eigenvalue weighted by molar-refractivity contribution is 0.102. The lowest BCUT2D eigenvalue weighted by Crippen LogP contribution is -2.31. The number of rotatable bonds is 4. The molecular formula is C22H21N3O2. The Hall–Kier alpha value is -3.34. The number of nitrogens with zero attached hydrogens (tertiary/aromatic N) is 2. The van der Waals surface area contributed by atoms with Gasteiger partial charge in [0, 0.05) is 36.6 Å². The predicted octanol–water partition coefficient (Wildman–Crippen LogP) is 3.91. The summed E-state index contributed by atoms with van der Waals surface area (Å²) in [4.78, 5) is 19.3. The van der Waals surface area contributed by atoms with E-state index in [1.165, 1.54) is 11.1 Å². The molecule has 0 atom stereocenters. The predicted molar refractivity (Wildman–Crippen MR) is 106 cm³/mol. The van der Waals surface area contributed by atoms with Crippen LogP contribution in [0, 0.1) is 0 Å². The maximum atomic E-state index is 12.6. The largest absolute Gasteiger partial charge is 0.497 e. The monoisotopic (exact) mass is 359 g/mol. The molecule has 1 aliphatic rings. The maximum absolute atomic E-state index is 12.6. The molecule has 0 fully saturated rings. The zero-order valence-corrected chi connectivity index (χ0v) is 15.2. The number of ether oxygens (including phenoxy) is 1. The van der Waals surface area contributed by atoms with Crippen LogP contribution in [0.3, 0.4) is 0 Å². The topological polar surface area (TPSA) is 54.5 Å². The average molecular weight is 359 g/mol. The van der Waals surface area contributed by atoms with E-state index in [1.807, 2.05) is 24.3 Å². The van der Waals surface area contributed by atoms with Gasteiger partial charge in [0.1, 0.15) is 11.6 Å². The van der Waals surface area contributed by atoms with Gasteiger partial charge in [-0.15, -0.1) is 0 Å². The first-order valence-electron chi connectivity index (χ1n) is 8.96. The summed E-state index contributed by atoms with van der Waals surface area (Å²) < 4.78 is 5.20. The normalized spacial score (nSPS) is 13.0. The molecule has 0 saturated heterocycles. The van der Waals surface area contributed by atoms with Crippen LogP contribution in [0.4, 0.5) is 11.5 Å². The molecule has 2 heterocycles. The van der Waals surface area contributed by atoms with Gasteiger partial charge >= 0.3 is 0 Å². The summed E-state index contributed by atoms with van der Waals surface area (Å²) in [6, 6.07) is 19.4. The summed E-state index contributed by atoms with van der Waals surface area (Å²) in [7, 11) is 1.60. The van der Waals surface area contributed by atoms with E-state index < -0.39 is 0 Å². The van der Waals surface area contributed by atoms with Crippen LogP contribution in [0.5, 0.6) is 5.75 Å². The minimum Gasteiger partial charge on any atom is -0.497 e. The van der Waals surface area contributed by atoms with Crippen molar-refractivity contribution in [3.05, 3.63) is 83.6 Å². The molecule has 3 aromatic rings. The van der Waals surface area contributed by atoms with Gasteiger partial charge < -0.3 is 15.0 Å². The second kappa shape index (κ2) is 7.50. The minimum atomic E-state index is -0.163. The fourth-order valence-corrected chi connectivity index (χ4v) is 3.33. The van der Waals surface area contributed by atoms with Crippen molar-refractivity contribution in [2.24, 2.45) is 0 Å². The summed E-state index contributed by atoms with van der Waals surface area (Å²) >= 11 is 0. The van der Waals surface area contributed by atoms with Crippen LogP contribution in [-0.4, -0.2) is 24.5 Å². The number of anilines is 2. The molecule has 0 bridgehead atoms. The van der Waals surface area contributed by atoms with Gasteiger partial charge in [-0.25, -0.2) is 4.98 Å². The number of carbonyl (C=O) groups is 1. The molecule has 0 spiro atoms. The van der Waals surface area contributed by atoms with Crippen molar-refractivity contribution in [1.82, 2.24) is 4.98 Å². The van der Waals surface area contributed by atoms with Crippen molar-refractivity contribution in [1.29, 1.82) is 0 Å². The molecule has 1 N–H and O–H groups in total. The van der Waals surface area contributed by atoms with Crippen molar-refractivity contribution in [3.8, 4) is 5.75 Å². The smallest absolute Gasteiger partial charge is 0.255 e. The number of methoxy groups -OCH3 is 1. The molecule has 0 radical (unpaired) electrons. The fraction of sp³-hybridized carbons (Fsp3) is 0.182. The molecule has 136 valence electrons. The van der Waals surface area contributed by atoms with E-state index in [0.29, 0.717) is 17.0 Å². The first kappa shape index (κ1) is 17.1. The van der Waals surface area contributed by atoms with Gasteiger partial charge in [0.2, 0.25) is 0 Å². The third-order valence-electron chi connectivity index (χ3n) is 4.79. The molecule has 5 heteroatoms. The molecule has 5 nitrogen and oxygen atoms in total. The highest BCUT2D eigenvalue weighted by Crippen LogP contribution is 2.24. The molecule has 1 aromatic heterocycles. The van der Waals surface area contributed by atoms with E-state index in [0.717, 1.165) is 25.3 Å². The van der Waals surface area contributed by atoms with Gasteiger partial charge in [0.25, 0.3) is 5.91 Å². The van der Waals surface area contributed by atoms with Crippen LogP contribution >= 0.6 is 0 Å². The Morgan fingerprint density at radius 2 is 1.93 bits per heavy atom. The lowest BCUT2D eigenvalue weighted by Gasteiger charge is -2.29. The molecule has 4 rings (SSSR count). The van der Waals surface area contributed by atoms with Crippen LogP contribution in [-0.2, 0) is 13.0 Å². The number of aromatic nitrogens is 1. The average Bonchev–Trinajstić information content (AvgIpc) is 2.73. The highest BCUT2D eigenvalue weighted by atomic mass is 16.5. The number of benzene rings is 2. The number of nitrogens with one attached hydrogen (secondary N) is 1. The van der Waals surface area contributed by atoms with Crippen molar-refractivity contribution < 1.29 is 9.53 Å². The molecule has 1 aliphatic heterocycles. The maximum Gasteiger partial charge on any atom is 0.255 e. The number of fused-ring (bicyclic) bond motifs is 1. The molecular weight excluding hydrogens is 338 g/mol. The van der Waals surface area contributed by atoms with E-state index in [9.17, 15) is 4.79 Å². The third kappa shape index (κ3) is 3.77. The van der Waals surface area contributed by atoms with Crippen molar-refractivity contribution in [2.75, 3.05) is 23.9 Å². The van der Waals surface area contributed by atoms with Crippen LogP contribution in [0.2, 0.25) is 0 Å². The number of hydrogen-bond acceptors (Lipinski definition) is 4. The Kier molecular flexibility index (Phi) is 4.75. The van der Waals surface area contributed by atoms with Crippen LogP contribution in [0.25, 0.3) is 0 Å². The van der Waals surface area contributed by atoms with Crippen molar-refractivity contribution in [3.63, 3.8) is 0 Å². The molecule has 27 heavy (non-hydrogen) atoms. The van der Waals surface area contributed by atoms with E-state index in [4.69, 9.17) is 4.74 Å². The summed E-state index contributed by atoms with van der Waals surface area (Å²) in [5, 5.41) is 2.91. The second-order valence-corrected chi connectivity index (χ2v) is 6.53. The highest BCUT2D eigenvalue weighted by molar-refractivity contribution is 6.04. The second-order valence-electron chi connectivity index (χ2n) is 6.53. The summed E-state index contributed by atoms with van der Waals surface area (Å²) in [6.45, 7) is 1.70. The highest BCUT2D eigenvalue weighted by Gasteiger charge is 2.18. The van der Waals surface area contributed by atoms with Gasteiger partial charge in [-0.2, -0.15) is 0 Å².